The van der Waals surface area contributed by atoms with Crippen molar-refractivity contribution in [2.45, 2.75) is 39.8 Å². The molecule has 2 aromatic rings. The zero-order valence-corrected chi connectivity index (χ0v) is 13.7. The largest absolute Gasteiger partial charge is 0.361 e. The molecule has 0 aliphatic rings. The summed E-state index contributed by atoms with van der Waals surface area (Å²) < 4.78 is 6.74. The van der Waals surface area contributed by atoms with Crippen molar-refractivity contribution in [2.75, 3.05) is 0 Å². The van der Waals surface area contributed by atoms with Crippen molar-refractivity contribution in [3.05, 3.63) is 33.9 Å². The van der Waals surface area contributed by atoms with Gasteiger partial charge in [-0.2, -0.15) is 5.10 Å². The van der Waals surface area contributed by atoms with E-state index in [1.807, 2.05) is 20.0 Å². The number of nitrogens with one attached hydrogen (secondary N) is 1. The first kappa shape index (κ1) is 17.0. The third-order valence-electron chi connectivity index (χ3n) is 2.93. The maximum atomic E-state index is 6.27. The molecule has 0 unspecified atom stereocenters. The Hall–Kier alpha value is -1.04. The van der Waals surface area contributed by atoms with Gasteiger partial charge in [-0.25, -0.2) is 0 Å². The SMILES string of the molecule is Cc1cc(CNCc2c(C(C)C)nn(C)c2Cl)no1.Cl. The Kier molecular flexibility index (Phi) is 6.05. The van der Waals surface area contributed by atoms with Crippen LogP contribution >= 0.6 is 24.0 Å². The molecule has 0 atom stereocenters. The van der Waals surface area contributed by atoms with Gasteiger partial charge in [0, 0.05) is 31.8 Å². The third kappa shape index (κ3) is 3.75. The minimum absolute atomic E-state index is 0. The second kappa shape index (κ2) is 7.11. The van der Waals surface area contributed by atoms with Gasteiger partial charge in [-0.3, -0.25) is 4.68 Å². The number of halogens is 2. The fourth-order valence-electron chi connectivity index (χ4n) is 2.01. The molecule has 0 fully saturated rings. The summed E-state index contributed by atoms with van der Waals surface area (Å²) in [6, 6.07) is 1.92. The van der Waals surface area contributed by atoms with Gasteiger partial charge in [0.25, 0.3) is 0 Å². The number of nitrogens with zero attached hydrogens (tertiary/aromatic N) is 3. The van der Waals surface area contributed by atoms with E-state index in [1.165, 1.54) is 0 Å². The molecule has 0 aliphatic carbocycles. The van der Waals surface area contributed by atoms with Crippen LogP contribution in [0.2, 0.25) is 5.15 Å². The number of rotatable bonds is 5. The lowest BCUT2D eigenvalue weighted by Gasteiger charge is -2.06. The predicted molar refractivity (Wildman–Crippen MR) is 81.3 cm³/mol. The molecule has 20 heavy (non-hydrogen) atoms. The van der Waals surface area contributed by atoms with Crippen LogP contribution in [-0.2, 0) is 20.1 Å². The van der Waals surface area contributed by atoms with Gasteiger partial charge in [0.15, 0.2) is 0 Å². The maximum absolute atomic E-state index is 6.27. The summed E-state index contributed by atoms with van der Waals surface area (Å²) in [7, 11) is 1.86. The summed E-state index contributed by atoms with van der Waals surface area (Å²) in [5.41, 5.74) is 2.99. The molecule has 0 radical (unpaired) electrons. The molecular weight excluding hydrogens is 299 g/mol. The Bertz CT molecular complexity index is 563. The molecule has 0 saturated heterocycles. The summed E-state index contributed by atoms with van der Waals surface area (Å²) in [6.07, 6.45) is 0. The maximum Gasteiger partial charge on any atom is 0.133 e. The van der Waals surface area contributed by atoms with Crippen molar-refractivity contribution in [3.8, 4) is 0 Å². The van der Waals surface area contributed by atoms with Crippen molar-refractivity contribution in [2.24, 2.45) is 7.05 Å². The van der Waals surface area contributed by atoms with Crippen LogP contribution in [0.3, 0.4) is 0 Å². The third-order valence-corrected chi connectivity index (χ3v) is 3.40. The zero-order valence-electron chi connectivity index (χ0n) is 12.1. The first-order valence-electron chi connectivity index (χ1n) is 6.33. The van der Waals surface area contributed by atoms with E-state index in [0.29, 0.717) is 24.2 Å². The average Bonchev–Trinajstić information content (AvgIpc) is 2.87. The van der Waals surface area contributed by atoms with Crippen LogP contribution in [0.15, 0.2) is 10.6 Å². The van der Waals surface area contributed by atoms with E-state index in [0.717, 1.165) is 22.7 Å². The highest BCUT2D eigenvalue weighted by atomic mass is 35.5. The van der Waals surface area contributed by atoms with Crippen molar-refractivity contribution in [1.29, 1.82) is 0 Å². The Labute approximate surface area is 130 Å². The summed E-state index contributed by atoms with van der Waals surface area (Å²) >= 11 is 6.27. The van der Waals surface area contributed by atoms with Crippen LogP contribution in [0.1, 0.15) is 42.5 Å². The minimum atomic E-state index is 0. The normalized spacial score (nSPS) is 10.9. The second-order valence-electron chi connectivity index (χ2n) is 4.97. The molecule has 0 bridgehead atoms. The molecule has 5 nitrogen and oxygen atoms in total. The van der Waals surface area contributed by atoms with Gasteiger partial charge >= 0.3 is 0 Å². The fraction of sp³-hybridized carbons (Fsp3) is 0.538. The molecule has 1 N–H and O–H groups in total. The molecule has 112 valence electrons. The smallest absolute Gasteiger partial charge is 0.133 e. The van der Waals surface area contributed by atoms with Crippen molar-refractivity contribution >= 4 is 24.0 Å². The molecule has 7 heteroatoms. The molecule has 0 aliphatic heterocycles. The molecule has 2 aromatic heterocycles. The lowest BCUT2D eigenvalue weighted by atomic mass is 10.1. The van der Waals surface area contributed by atoms with Crippen molar-refractivity contribution in [1.82, 2.24) is 20.3 Å². The van der Waals surface area contributed by atoms with Crippen LogP contribution in [0.25, 0.3) is 0 Å². The minimum Gasteiger partial charge on any atom is -0.361 e. The van der Waals surface area contributed by atoms with E-state index < -0.39 is 0 Å². The molecule has 0 aromatic carbocycles. The van der Waals surface area contributed by atoms with Crippen LogP contribution in [-0.4, -0.2) is 14.9 Å². The van der Waals surface area contributed by atoms with E-state index >= 15 is 0 Å². The van der Waals surface area contributed by atoms with Crippen molar-refractivity contribution in [3.63, 3.8) is 0 Å². The van der Waals surface area contributed by atoms with Crippen molar-refractivity contribution < 1.29 is 4.52 Å². The van der Waals surface area contributed by atoms with Gasteiger partial charge < -0.3 is 9.84 Å². The quantitative estimate of drug-likeness (QED) is 0.919. The Morgan fingerprint density at radius 3 is 2.65 bits per heavy atom. The van der Waals surface area contributed by atoms with Gasteiger partial charge in [-0.05, 0) is 12.8 Å². The summed E-state index contributed by atoms with van der Waals surface area (Å²) in [5.74, 6) is 1.17. The predicted octanol–water partition coefficient (Wildman–Crippen LogP) is 3.20. The van der Waals surface area contributed by atoms with E-state index in [9.17, 15) is 0 Å². The Morgan fingerprint density at radius 1 is 1.40 bits per heavy atom. The Balaban J connectivity index is 0.00000200. The molecule has 2 heterocycles. The highest BCUT2D eigenvalue weighted by molar-refractivity contribution is 6.30. The van der Waals surface area contributed by atoms with Crippen LogP contribution in [0.4, 0.5) is 0 Å². The Morgan fingerprint density at radius 2 is 2.10 bits per heavy atom. The summed E-state index contributed by atoms with van der Waals surface area (Å²) in [6.45, 7) is 7.43. The average molecular weight is 319 g/mol. The van der Waals surface area contributed by atoms with E-state index in [-0.39, 0.29) is 12.4 Å². The van der Waals surface area contributed by atoms with E-state index in [2.05, 4.69) is 29.4 Å². The fourth-order valence-corrected chi connectivity index (χ4v) is 2.21. The molecule has 0 saturated carbocycles. The lowest BCUT2D eigenvalue weighted by Crippen LogP contribution is -2.14. The highest BCUT2D eigenvalue weighted by Crippen LogP contribution is 2.25. The summed E-state index contributed by atoms with van der Waals surface area (Å²) in [4.78, 5) is 0. The number of aromatic nitrogens is 3. The first-order valence-corrected chi connectivity index (χ1v) is 6.71. The molecule has 2 rings (SSSR count). The number of hydrogen-bond acceptors (Lipinski definition) is 4. The molecule has 0 spiro atoms. The van der Waals surface area contributed by atoms with Gasteiger partial charge in [0.05, 0.1) is 11.4 Å². The highest BCUT2D eigenvalue weighted by Gasteiger charge is 2.16. The van der Waals surface area contributed by atoms with Gasteiger partial charge in [0.2, 0.25) is 0 Å². The van der Waals surface area contributed by atoms with Gasteiger partial charge in [-0.1, -0.05) is 30.6 Å². The summed E-state index contributed by atoms with van der Waals surface area (Å²) in [5, 5.41) is 12.4. The van der Waals surface area contributed by atoms with Gasteiger partial charge in [0.1, 0.15) is 10.9 Å². The van der Waals surface area contributed by atoms with Crippen LogP contribution < -0.4 is 5.32 Å². The standard InChI is InChI=1S/C13H19ClN4O.ClH/c1-8(2)12-11(13(14)18(4)16-12)7-15-6-10-5-9(3)19-17-10;/h5,8,15H,6-7H2,1-4H3;1H. The monoisotopic (exact) mass is 318 g/mol. The second-order valence-corrected chi connectivity index (χ2v) is 5.32. The van der Waals surface area contributed by atoms with E-state index in [4.69, 9.17) is 16.1 Å². The van der Waals surface area contributed by atoms with Crippen LogP contribution in [0.5, 0.6) is 0 Å². The van der Waals surface area contributed by atoms with E-state index in [1.54, 1.807) is 4.68 Å². The number of hydrogen-bond donors (Lipinski definition) is 1. The zero-order chi connectivity index (χ0) is 14.0. The number of aryl methyl sites for hydroxylation is 2. The lowest BCUT2D eigenvalue weighted by molar-refractivity contribution is 0.388. The molecular formula is C13H20Cl2N4O. The van der Waals surface area contributed by atoms with Crippen LogP contribution in [0, 0.1) is 6.92 Å². The first-order chi connectivity index (χ1) is 8.99. The topological polar surface area (TPSA) is 55.9 Å². The van der Waals surface area contributed by atoms with Gasteiger partial charge in [-0.15, -0.1) is 12.4 Å². The molecule has 0 amide bonds.